The average molecular weight is 409 g/mol. The summed E-state index contributed by atoms with van der Waals surface area (Å²) in [5, 5.41) is 6.24. The quantitative estimate of drug-likeness (QED) is 0.617. The molecule has 0 saturated carbocycles. The summed E-state index contributed by atoms with van der Waals surface area (Å²) in [6.07, 6.45) is 0.398. The van der Waals surface area contributed by atoms with Gasteiger partial charge in [0.05, 0.1) is 24.2 Å². The molecule has 1 aromatic heterocycles. The van der Waals surface area contributed by atoms with Crippen LogP contribution in [0, 0.1) is 0 Å². The van der Waals surface area contributed by atoms with Crippen LogP contribution in [0.25, 0.3) is 22.4 Å². The van der Waals surface area contributed by atoms with Gasteiger partial charge in [-0.15, -0.1) is 24.8 Å². The minimum atomic E-state index is -0.0234. The minimum Gasteiger partial charge on any atom is -0.378 e. The third-order valence-electron chi connectivity index (χ3n) is 4.24. The highest BCUT2D eigenvalue weighted by atomic mass is 35.5. The van der Waals surface area contributed by atoms with Crippen LogP contribution in [0.3, 0.4) is 0 Å². The number of fused-ring (bicyclic) bond motifs is 1. The van der Waals surface area contributed by atoms with E-state index >= 15 is 0 Å². The Hall–Kier alpha value is -2.12. The summed E-state index contributed by atoms with van der Waals surface area (Å²) < 4.78 is 5.38. The molecule has 144 valence electrons. The van der Waals surface area contributed by atoms with Crippen LogP contribution < -0.4 is 10.6 Å². The van der Waals surface area contributed by atoms with Crippen LogP contribution in [0.4, 0.5) is 5.69 Å². The summed E-state index contributed by atoms with van der Waals surface area (Å²) in [4.78, 5) is 20.1. The second-order valence-corrected chi connectivity index (χ2v) is 6.16. The van der Waals surface area contributed by atoms with Crippen LogP contribution in [0.2, 0.25) is 0 Å². The molecule has 6 nitrogen and oxygen atoms in total. The van der Waals surface area contributed by atoms with Gasteiger partial charge in [-0.2, -0.15) is 0 Å². The molecule has 1 saturated heterocycles. The zero-order valence-corrected chi connectivity index (χ0v) is 16.2. The number of ether oxygens (including phenoxy) is 1. The summed E-state index contributed by atoms with van der Waals surface area (Å²) in [6, 6.07) is 15.7. The highest BCUT2D eigenvalue weighted by Crippen LogP contribution is 2.23. The molecule has 2 aromatic carbocycles. The van der Waals surface area contributed by atoms with E-state index in [0.717, 1.165) is 34.7 Å². The number of para-hydroxylation sites is 2. The molecule has 1 amide bonds. The normalized spacial score (nSPS) is 16.2. The fourth-order valence-electron chi connectivity index (χ4n) is 3.02. The molecular weight excluding hydrogens is 387 g/mol. The monoisotopic (exact) mass is 408 g/mol. The lowest BCUT2D eigenvalue weighted by Crippen LogP contribution is -2.43. The fraction of sp³-hybridized carbons (Fsp3) is 0.263. The second-order valence-electron chi connectivity index (χ2n) is 6.16. The molecule has 8 heteroatoms. The van der Waals surface area contributed by atoms with Crippen molar-refractivity contribution in [2.45, 2.75) is 12.5 Å². The van der Waals surface area contributed by atoms with Crippen LogP contribution >= 0.6 is 24.8 Å². The second kappa shape index (κ2) is 9.71. The summed E-state index contributed by atoms with van der Waals surface area (Å²) in [5.74, 6) is 0.768. The molecule has 1 unspecified atom stereocenters. The molecule has 0 spiro atoms. The molecule has 27 heavy (non-hydrogen) atoms. The molecule has 1 aliphatic rings. The Kier molecular flexibility index (Phi) is 7.62. The maximum Gasteiger partial charge on any atom is 0.226 e. The first-order valence-corrected chi connectivity index (χ1v) is 8.44. The standard InChI is InChI=1S/C19H20N4O2.2ClH/c24-18(11-15-12-25-9-8-20-15)21-14-5-3-4-13(10-14)19-22-16-6-1-2-7-17(16)23-19;;/h1-7,10,15,20H,8-9,11-12H2,(H,21,24)(H,22,23);2*1H. The SMILES string of the molecule is Cl.Cl.O=C(CC1COCCN1)Nc1cccc(-c2nc3ccccc3[nH]2)c1. The van der Waals surface area contributed by atoms with Gasteiger partial charge in [-0.3, -0.25) is 4.79 Å². The van der Waals surface area contributed by atoms with Crippen molar-refractivity contribution in [1.29, 1.82) is 0 Å². The van der Waals surface area contributed by atoms with Crippen molar-refractivity contribution in [2.24, 2.45) is 0 Å². The number of aromatic nitrogens is 2. The van der Waals surface area contributed by atoms with Gasteiger partial charge in [0.15, 0.2) is 0 Å². The topological polar surface area (TPSA) is 79.0 Å². The Morgan fingerprint density at radius 3 is 2.81 bits per heavy atom. The zero-order valence-electron chi connectivity index (χ0n) is 14.6. The molecule has 0 bridgehead atoms. The number of nitrogens with zero attached hydrogens (tertiary/aromatic N) is 1. The van der Waals surface area contributed by atoms with Gasteiger partial charge < -0.3 is 20.4 Å². The Morgan fingerprint density at radius 1 is 1.19 bits per heavy atom. The van der Waals surface area contributed by atoms with Crippen molar-refractivity contribution in [2.75, 3.05) is 25.1 Å². The molecule has 1 fully saturated rings. The van der Waals surface area contributed by atoms with Gasteiger partial charge in [0.2, 0.25) is 5.91 Å². The van der Waals surface area contributed by atoms with Crippen LogP contribution in [0.5, 0.6) is 0 Å². The molecule has 0 radical (unpaired) electrons. The smallest absolute Gasteiger partial charge is 0.226 e. The number of H-pyrrole nitrogens is 1. The largest absolute Gasteiger partial charge is 0.378 e. The Bertz CT molecular complexity index is 861. The van der Waals surface area contributed by atoms with Gasteiger partial charge in [-0.25, -0.2) is 4.98 Å². The average Bonchev–Trinajstić information content (AvgIpc) is 3.07. The van der Waals surface area contributed by atoms with E-state index in [9.17, 15) is 4.79 Å². The number of halogens is 2. The van der Waals surface area contributed by atoms with E-state index in [4.69, 9.17) is 4.74 Å². The number of carbonyl (C=O) groups excluding carboxylic acids is 1. The van der Waals surface area contributed by atoms with Crippen molar-refractivity contribution in [3.63, 3.8) is 0 Å². The number of benzene rings is 2. The van der Waals surface area contributed by atoms with Crippen LogP contribution in [-0.2, 0) is 9.53 Å². The predicted octanol–water partition coefficient (Wildman–Crippen LogP) is 3.39. The first kappa shape index (κ1) is 21.2. The number of hydrogen-bond acceptors (Lipinski definition) is 4. The van der Waals surface area contributed by atoms with Gasteiger partial charge >= 0.3 is 0 Å². The highest BCUT2D eigenvalue weighted by Gasteiger charge is 2.17. The van der Waals surface area contributed by atoms with E-state index in [1.807, 2.05) is 48.5 Å². The first-order valence-electron chi connectivity index (χ1n) is 8.44. The molecule has 3 aromatic rings. The summed E-state index contributed by atoms with van der Waals surface area (Å²) in [7, 11) is 0. The lowest BCUT2D eigenvalue weighted by Gasteiger charge is -2.23. The molecule has 3 N–H and O–H groups in total. The highest BCUT2D eigenvalue weighted by molar-refractivity contribution is 5.92. The Balaban J connectivity index is 0.00000131. The lowest BCUT2D eigenvalue weighted by molar-refractivity contribution is -0.117. The van der Waals surface area contributed by atoms with E-state index < -0.39 is 0 Å². The number of morpholine rings is 1. The third kappa shape index (κ3) is 5.20. The number of imidazole rings is 1. The first-order chi connectivity index (χ1) is 12.3. The molecule has 0 aliphatic carbocycles. The van der Waals surface area contributed by atoms with Crippen molar-refractivity contribution >= 4 is 47.4 Å². The minimum absolute atomic E-state index is 0. The molecule has 2 heterocycles. The molecule has 4 rings (SSSR count). The van der Waals surface area contributed by atoms with E-state index in [1.54, 1.807) is 0 Å². The van der Waals surface area contributed by atoms with Gasteiger partial charge in [0.25, 0.3) is 0 Å². The van der Waals surface area contributed by atoms with E-state index in [0.29, 0.717) is 19.6 Å². The number of rotatable bonds is 4. The zero-order chi connectivity index (χ0) is 17.1. The molecule has 1 atom stereocenters. The maximum atomic E-state index is 12.2. The predicted molar refractivity (Wildman–Crippen MR) is 112 cm³/mol. The Morgan fingerprint density at radius 2 is 2.04 bits per heavy atom. The van der Waals surface area contributed by atoms with E-state index in [-0.39, 0.29) is 36.8 Å². The van der Waals surface area contributed by atoms with Crippen LogP contribution in [0.15, 0.2) is 48.5 Å². The van der Waals surface area contributed by atoms with Gasteiger partial charge in [0.1, 0.15) is 5.82 Å². The van der Waals surface area contributed by atoms with Crippen molar-refractivity contribution in [3.8, 4) is 11.4 Å². The summed E-state index contributed by atoms with van der Waals surface area (Å²) in [6.45, 7) is 2.07. The number of aromatic amines is 1. The number of anilines is 1. The molecule has 1 aliphatic heterocycles. The van der Waals surface area contributed by atoms with Crippen LogP contribution in [-0.4, -0.2) is 41.7 Å². The van der Waals surface area contributed by atoms with Crippen molar-refractivity contribution < 1.29 is 9.53 Å². The van der Waals surface area contributed by atoms with Gasteiger partial charge in [-0.1, -0.05) is 24.3 Å². The third-order valence-corrected chi connectivity index (χ3v) is 4.24. The van der Waals surface area contributed by atoms with Crippen LogP contribution in [0.1, 0.15) is 6.42 Å². The fourth-order valence-corrected chi connectivity index (χ4v) is 3.02. The number of carbonyl (C=O) groups is 1. The van der Waals surface area contributed by atoms with Crippen molar-refractivity contribution in [3.05, 3.63) is 48.5 Å². The number of amides is 1. The van der Waals surface area contributed by atoms with Gasteiger partial charge in [-0.05, 0) is 24.3 Å². The maximum absolute atomic E-state index is 12.2. The van der Waals surface area contributed by atoms with Crippen molar-refractivity contribution in [1.82, 2.24) is 15.3 Å². The van der Waals surface area contributed by atoms with E-state index in [2.05, 4.69) is 20.6 Å². The summed E-state index contributed by atoms with van der Waals surface area (Å²) >= 11 is 0. The number of nitrogens with one attached hydrogen (secondary N) is 3. The number of hydrogen-bond donors (Lipinski definition) is 3. The molecular formula is C19H22Cl2N4O2. The van der Waals surface area contributed by atoms with E-state index in [1.165, 1.54) is 0 Å². The Labute approximate surface area is 169 Å². The van der Waals surface area contributed by atoms with Gasteiger partial charge in [0, 0.05) is 30.3 Å². The summed E-state index contributed by atoms with van der Waals surface area (Å²) in [5.41, 5.74) is 3.62. The lowest BCUT2D eigenvalue weighted by atomic mass is 10.1.